The number of carbonyl (C=O) groups is 2. The maximum absolute atomic E-state index is 10.8. The smallest absolute Gasteiger partial charge is 0.353 e. The van der Waals surface area contributed by atoms with E-state index >= 15 is 0 Å². The summed E-state index contributed by atoms with van der Waals surface area (Å²) in [5.74, 6) is -1.10. The summed E-state index contributed by atoms with van der Waals surface area (Å²) in [6, 6.07) is 9.01. The number of carboxylic acid groups (broad SMARTS) is 1. The zero-order valence-electron chi connectivity index (χ0n) is 11.5. The van der Waals surface area contributed by atoms with Crippen LogP contribution < -0.4 is 5.32 Å². The average molecular weight is 285 g/mol. The van der Waals surface area contributed by atoms with E-state index in [0.717, 1.165) is 11.1 Å². The second-order valence-corrected chi connectivity index (χ2v) is 4.43. The molecule has 0 spiro atoms. The van der Waals surface area contributed by atoms with Crippen molar-refractivity contribution < 1.29 is 14.7 Å². The molecular weight excluding hydrogens is 270 g/mol. The summed E-state index contributed by atoms with van der Waals surface area (Å²) in [5, 5.41) is 17.9. The minimum absolute atomic E-state index is 0.0595. The van der Waals surface area contributed by atoms with Crippen LogP contribution in [0.5, 0.6) is 0 Å². The summed E-state index contributed by atoms with van der Waals surface area (Å²) in [7, 11) is 0. The van der Waals surface area contributed by atoms with Crippen molar-refractivity contribution in [3.8, 4) is 11.3 Å². The minimum atomic E-state index is -1.04. The average Bonchev–Trinajstić information content (AvgIpc) is 2.94. The lowest BCUT2D eigenvalue weighted by molar-refractivity contribution is -0.118. The van der Waals surface area contributed by atoms with E-state index in [0.29, 0.717) is 12.2 Å². The van der Waals surface area contributed by atoms with Crippen LogP contribution in [0.2, 0.25) is 0 Å². The highest BCUT2D eigenvalue weighted by molar-refractivity contribution is 5.86. The van der Waals surface area contributed by atoms with Gasteiger partial charge in [-0.2, -0.15) is 5.10 Å². The first kappa shape index (κ1) is 14.5. The molecule has 108 valence electrons. The number of carbonyl (C=O) groups excluding carboxylic acids is 1. The Balaban J connectivity index is 2.04. The van der Waals surface area contributed by atoms with Crippen LogP contribution in [0.3, 0.4) is 0 Å². The van der Waals surface area contributed by atoms with Crippen LogP contribution in [-0.4, -0.2) is 33.7 Å². The van der Waals surface area contributed by atoms with Crippen molar-refractivity contribution in [3.63, 3.8) is 0 Å². The van der Waals surface area contributed by atoms with E-state index in [4.69, 9.17) is 5.11 Å². The molecule has 0 atom stereocenters. The number of carboxylic acids is 1. The topological polar surface area (TPSA) is 95.1 Å². The summed E-state index contributed by atoms with van der Waals surface area (Å²) in [4.78, 5) is 21.5. The van der Waals surface area contributed by atoms with Gasteiger partial charge in [0.1, 0.15) is 5.69 Å². The van der Waals surface area contributed by atoms with E-state index in [-0.39, 0.29) is 11.6 Å². The third-order valence-corrected chi connectivity index (χ3v) is 2.79. The van der Waals surface area contributed by atoms with Gasteiger partial charge >= 0.3 is 5.97 Å². The molecule has 0 aliphatic heterocycles. The zero-order valence-corrected chi connectivity index (χ0v) is 11.5. The molecular formula is C15H15N3O3. The summed E-state index contributed by atoms with van der Waals surface area (Å²) >= 11 is 0. The van der Waals surface area contributed by atoms with Crippen molar-refractivity contribution in [1.82, 2.24) is 15.5 Å². The van der Waals surface area contributed by atoms with Crippen molar-refractivity contribution in [1.29, 1.82) is 0 Å². The van der Waals surface area contributed by atoms with E-state index < -0.39 is 5.97 Å². The first-order valence-electron chi connectivity index (χ1n) is 6.36. The lowest BCUT2D eigenvalue weighted by atomic mass is 10.1. The first-order valence-corrected chi connectivity index (χ1v) is 6.36. The lowest BCUT2D eigenvalue weighted by Gasteiger charge is -1.98. The number of nitrogens with zero attached hydrogens (tertiary/aromatic N) is 1. The van der Waals surface area contributed by atoms with Gasteiger partial charge in [0.25, 0.3) is 0 Å². The van der Waals surface area contributed by atoms with E-state index in [1.807, 2.05) is 36.4 Å². The van der Waals surface area contributed by atoms with Crippen molar-refractivity contribution >= 4 is 18.0 Å². The van der Waals surface area contributed by atoms with Crippen molar-refractivity contribution in [2.24, 2.45) is 0 Å². The van der Waals surface area contributed by atoms with Crippen LogP contribution in [0.25, 0.3) is 17.3 Å². The van der Waals surface area contributed by atoms with Gasteiger partial charge in [0, 0.05) is 19.0 Å². The highest BCUT2D eigenvalue weighted by Crippen LogP contribution is 2.18. The standard InChI is InChI=1S/C15H15N3O3/c1-10(19)16-8-2-3-11-4-6-12(7-5-11)13-9-14(15(20)21)18-17-13/h2-7,9H,8H2,1H3,(H,16,19)(H,17,18)(H,20,21). The Hall–Kier alpha value is -2.89. The molecule has 0 saturated heterocycles. The van der Waals surface area contributed by atoms with Gasteiger partial charge in [-0.1, -0.05) is 36.4 Å². The van der Waals surface area contributed by atoms with Crippen molar-refractivity contribution in [2.75, 3.05) is 6.54 Å². The zero-order chi connectivity index (χ0) is 15.2. The highest BCUT2D eigenvalue weighted by Gasteiger charge is 2.08. The molecule has 0 aliphatic carbocycles. The fourth-order valence-electron chi connectivity index (χ4n) is 1.74. The second-order valence-electron chi connectivity index (χ2n) is 4.43. The molecule has 2 rings (SSSR count). The molecule has 21 heavy (non-hydrogen) atoms. The summed E-state index contributed by atoms with van der Waals surface area (Å²) in [5.41, 5.74) is 2.46. The van der Waals surface area contributed by atoms with E-state index in [9.17, 15) is 9.59 Å². The number of hydrogen-bond acceptors (Lipinski definition) is 3. The number of aromatic amines is 1. The Kier molecular flexibility index (Phi) is 4.50. The van der Waals surface area contributed by atoms with Crippen LogP contribution in [0, 0.1) is 0 Å². The van der Waals surface area contributed by atoms with Gasteiger partial charge in [0.2, 0.25) is 5.91 Å². The Morgan fingerprint density at radius 3 is 2.62 bits per heavy atom. The van der Waals surface area contributed by atoms with Gasteiger partial charge in [-0.15, -0.1) is 0 Å². The lowest BCUT2D eigenvalue weighted by Crippen LogP contribution is -2.19. The molecule has 3 N–H and O–H groups in total. The van der Waals surface area contributed by atoms with Crippen molar-refractivity contribution in [3.05, 3.63) is 47.7 Å². The SMILES string of the molecule is CC(=O)NCC=Cc1ccc(-c2cc(C(=O)O)[nH]n2)cc1. The maximum atomic E-state index is 10.8. The minimum Gasteiger partial charge on any atom is -0.477 e. The largest absolute Gasteiger partial charge is 0.477 e. The molecule has 1 aromatic carbocycles. The van der Waals surface area contributed by atoms with Gasteiger partial charge in [-0.3, -0.25) is 9.89 Å². The van der Waals surface area contributed by atoms with Crippen molar-refractivity contribution in [2.45, 2.75) is 6.92 Å². The molecule has 0 unspecified atom stereocenters. The molecule has 0 fully saturated rings. The first-order chi connectivity index (χ1) is 10.1. The van der Waals surface area contributed by atoms with Crippen LogP contribution in [-0.2, 0) is 4.79 Å². The molecule has 0 bridgehead atoms. The van der Waals surface area contributed by atoms with Crippen LogP contribution in [0.1, 0.15) is 23.0 Å². The molecule has 1 amide bonds. The Morgan fingerprint density at radius 2 is 2.05 bits per heavy atom. The quantitative estimate of drug-likeness (QED) is 0.782. The molecule has 0 aliphatic rings. The number of benzene rings is 1. The normalized spacial score (nSPS) is 10.7. The summed E-state index contributed by atoms with van der Waals surface area (Å²) in [6.07, 6.45) is 3.75. The molecule has 2 aromatic rings. The molecule has 6 heteroatoms. The number of hydrogen-bond donors (Lipinski definition) is 3. The Morgan fingerprint density at radius 1 is 1.33 bits per heavy atom. The van der Waals surface area contributed by atoms with Gasteiger partial charge in [-0.05, 0) is 11.6 Å². The van der Waals surface area contributed by atoms with Gasteiger partial charge in [0.15, 0.2) is 0 Å². The number of nitrogens with one attached hydrogen (secondary N) is 2. The van der Waals surface area contributed by atoms with Gasteiger partial charge in [0.05, 0.1) is 5.69 Å². The van der Waals surface area contributed by atoms with Gasteiger partial charge in [-0.25, -0.2) is 4.79 Å². The number of rotatable bonds is 5. The monoisotopic (exact) mass is 285 g/mol. The van der Waals surface area contributed by atoms with E-state index in [1.165, 1.54) is 13.0 Å². The molecule has 0 radical (unpaired) electrons. The predicted octanol–water partition coefficient (Wildman–Crippen LogP) is 1.92. The molecule has 1 aromatic heterocycles. The van der Waals surface area contributed by atoms with E-state index in [1.54, 1.807) is 0 Å². The maximum Gasteiger partial charge on any atom is 0.353 e. The number of aromatic carboxylic acids is 1. The predicted molar refractivity (Wildman–Crippen MR) is 78.7 cm³/mol. The Labute approximate surface area is 121 Å². The highest BCUT2D eigenvalue weighted by atomic mass is 16.4. The van der Waals surface area contributed by atoms with Gasteiger partial charge < -0.3 is 10.4 Å². The fraction of sp³-hybridized carbons (Fsp3) is 0.133. The van der Waals surface area contributed by atoms with Crippen LogP contribution in [0.4, 0.5) is 0 Å². The molecule has 0 saturated carbocycles. The molecule has 1 heterocycles. The summed E-state index contributed by atoms with van der Waals surface area (Å²) in [6.45, 7) is 1.95. The number of H-pyrrole nitrogens is 1. The van der Waals surface area contributed by atoms with E-state index in [2.05, 4.69) is 15.5 Å². The summed E-state index contributed by atoms with van der Waals surface area (Å²) < 4.78 is 0. The van der Waals surface area contributed by atoms with Crippen LogP contribution >= 0.6 is 0 Å². The molecule has 6 nitrogen and oxygen atoms in total. The van der Waals surface area contributed by atoms with Crippen LogP contribution in [0.15, 0.2) is 36.4 Å². The third kappa shape index (κ3) is 4.04. The number of aromatic nitrogens is 2. The number of amides is 1. The second kappa shape index (κ2) is 6.51. The fourth-order valence-corrected chi connectivity index (χ4v) is 1.74. The Bertz CT molecular complexity index is 672. The third-order valence-electron chi connectivity index (χ3n) is 2.79.